The van der Waals surface area contributed by atoms with E-state index in [1.54, 1.807) is 60.7 Å². The molecule has 0 spiro atoms. The van der Waals surface area contributed by atoms with Crippen LogP contribution in [0.2, 0.25) is 0 Å². The lowest BCUT2D eigenvalue weighted by atomic mass is 9.97. The first-order valence-electron chi connectivity index (χ1n) is 13.4. The van der Waals surface area contributed by atoms with Gasteiger partial charge in [-0.3, -0.25) is 0 Å². The topological polar surface area (TPSA) is 237 Å². The number of aromatic nitrogens is 10. The molecule has 19 heteroatoms. The molecule has 0 bridgehead atoms. The maximum Gasteiger partial charge on any atom is 0.134 e. The normalized spacial score (nSPS) is 33.2. The molecule has 232 valence electrons. The molecule has 4 aromatic heterocycles. The summed E-state index contributed by atoms with van der Waals surface area (Å²) in [5, 5.41) is 81.3. The number of hydrogen-bond acceptors (Lipinski definition) is 15. The van der Waals surface area contributed by atoms with E-state index in [4.69, 9.17) is 9.47 Å². The Morgan fingerprint density at radius 2 is 1.12 bits per heavy atom. The Morgan fingerprint density at radius 1 is 0.698 bits per heavy atom. The number of ether oxygens (including phenoxy) is 2. The number of hydrogen-bond donors (Lipinski definition) is 6. The molecule has 4 aromatic rings. The average molecular weight is 621 g/mol. The number of thioether (sulfide) groups is 1. The second-order valence-electron chi connectivity index (χ2n) is 10.5. The van der Waals surface area contributed by atoms with E-state index in [1.165, 1.54) is 9.36 Å². The van der Waals surface area contributed by atoms with Crippen molar-refractivity contribution in [3.05, 3.63) is 37.4 Å². The van der Waals surface area contributed by atoms with E-state index < -0.39 is 72.8 Å². The molecule has 18 nitrogen and oxygen atoms in total. The van der Waals surface area contributed by atoms with Gasteiger partial charge in [0.15, 0.2) is 0 Å². The summed E-state index contributed by atoms with van der Waals surface area (Å²) in [4.78, 5) is 8.13. The quantitative estimate of drug-likeness (QED) is 0.116. The van der Waals surface area contributed by atoms with Gasteiger partial charge in [0, 0.05) is 14.1 Å². The van der Waals surface area contributed by atoms with Gasteiger partial charge in [-0.2, -0.15) is 0 Å². The van der Waals surface area contributed by atoms with Gasteiger partial charge in [0.05, 0.1) is 62.0 Å². The van der Waals surface area contributed by atoms with Crippen LogP contribution < -0.4 is 0 Å². The molecular formula is C24H32N10O8S. The van der Waals surface area contributed by atoms with Crippen molar-refractivity contribution < 1.29 is 40.1 Å². The highest BCUT2D eigenvalue weighted by Gasteiger charge is 2.51. The van der Waals surface area contributed by atoms with Crippen LogP contribution in [0.15, 0.2) is 37.4 Å². The van der Waals surface area contributed by atoms with Crippen molar-refractivity contribution in [2.75, 3.05) is 13.2 Å². The van der Waals surface area contributed by atoms with Gasteiger partial charge in [0.2, 0.25) is 0 Å². The second kappa shape index (κ2) is 12.0. The number of nitrogens with zero attached hydrogens (tertiary/aromatic N) is 10. The lowest BCUT2D eigenvalue weighted by Crippen LogP contribution is -2.58. The highest BCUT2D eigenvalue weighted by molar-refractivity contribution is 8.00. The molecule has 6 heterocycles. The zero-order valence-corrected chi connectivity index (χ0v) is 23.8. The van der Waals surface area contributed by atoms with Crippen LogP contribution in [-0.4, -0.2) is 140 Å². The van der Waals surface area contributed by atoms with Crippen LogP contribution in [0.3, 0.4) is 0 Å². The van der Waals surface area contributed by atoms with E-state index in [-0.39, 0.29) is 0 Å². The highest BCUT2D eigenvalue weighted by Crippen LogP contribution is 2.42. The minimum Gasteiger partial charge on any atom is -0.394 e. The standard InChI is InChI=1S/C24H32N10O8S/c1-31-9-25-3-13(31)11-5-33(29-27-11)17-19(37)15(7-35)41-23(21(17)39)43-24-22(40)18(20(38)16(8-36)42-24)34-6-12(28-30-34)14-4-26-10-32(14)2/h3-6,9-10,15-24,35-40H,7-8H2,1-2H3/t15-,16?,17?,18?,19?,20+,21-,22+,23?,24+/m1/s1. The van der Waals surface area contributed by atoms with E-state index in [9.17, 15) is 30.6 Å². The number of imidazole rings is 2. The fraction of sp³-hybridized carbons (Fsp3) is 0.583. The van der Waals surface area contributed by atoms with Crippen LogP contribution in [0.1, 0.15) is 12.1 Å². The predicted octanol–water partition coefficient (Wildman–Crippen LogP) is -2.94. The molecule has 43 heavy (non-hydrogen) atoms. The van der Waals surface area contributed by atoms with E-state index in [0.29, 0.717) is 22.8 Å². The van der Waals surface area contributed by atoms with Crippen LogP contribution >= 0.6 is 11.8 Å². The number of aliphatic hydroxyl groups excluding tert-OH is 6. The molecule has 10 atom stereocenters. The van der Waals surface area contributed by atoms with E-state index >= 15 is 0 Å². The van der Waals surface area contributed by atoms with Gasteiger partial charge in [0.25, 0.3) is 0 Å². The molecule has 0 radical (unpaired) electrons. The lowest BCUT2D eigenvalue weighted by molar-refractivity contribution is -0.189. The Morgan fingerprint density at radius 3 is 1.47 bits per heavy atom. The third kappa shape index (κ3) is 5.36. The molecule has 6 rings (SSSR count). The summed E-state index contributed by atoms with van der Waals surface area (Å²) in [7, 11) is 3.57. The van der Waals surface area contributed by atoms with E-state index in [1.807, 2.05) is 0 Å². The predicted molar refractivity (Wildman–Crippen MR) is 146 cm³/mol. The first-order chi connectivity index (χ1) is 20.7. The summed E-state index contributed by atoms with van der Waals surface area (Å²) in [5.41, 5.74) is -0.0868. The Kier molecular flexibility index (Phi) is 8.33. The minimum absolute atomic E-state index is 0.447. The highest BCUT2D eigenvalue weighted by atomic mass is 32.2. The van der Waals surface area contributed by atoms with Crippen LogP contribution in [0.5, 0.6) is 0 Å². The van der Waals surface area contributed by atoms with Crippen molar-refractivity contribution in [1.29, 1.82) is 0 Å². The molecule has 0 amide bonds. The van der Waals surface area contributed by atoms with Gasteiger partial charge < -0.3 is 49.2 Å². The fourth-order valence-electron chi connectivity index (χ4n) is 5.41. The van der Waals surface area contributed by atoms with E-state index in [2.05, 4.69) is 30.6 Å². The summed E-state index contributed by atoms with van der Waals surface area (Å²) in [5.74, 6) is 0. The zero-order valence-electron chi connectivity index (χ0n) is 23.0. The molecule has 2 fully saturated rings. The summed E-state index contributed by atoms with van der Waals surface area (Å²) in [6.07, 6.45) is 1.66. The van der Waals surface area contributed by atoms with Crippen LogP contribution in [-0.2, 0) is 23.6 Å². The monoisotopic (exact) mass is 620 g/mol. The molecular weight excluding hydrogens is 588 g/mol. The summed E-state index contributed by atoms with van der Waals surface area (Å²) in [6, 6.07) is -2.18. The van der Waals surface area contributed by atoms with Crippen LogP contribution in [0.4, 0.5) is 0 Å². The molecule has 6 N–H and O–H groups in total. The third-order valence-electron chi connectivity index (χ3n) is 7.75. The van der Waals surface area contributed by atoms with Crippen molar-refractivity contribution in [2.45, 2.75) is 59.6 Å². The Hall–Kier alpha value is -3.27. The van der Waals surface area contributed by atoms with Crippen LogP contribution in [0, 0.1) is 0 Å². The summed E-state index contributed by atoms with van der Waals surface area (Å²) in [6.45, 7) is -1.15. The van der Waals surface area contributed by atoms with Crippen molar-refractivity contribution in [1.82, 2.24) is 49.1 Å². The van der Waals surface area contributed by atoms with Gasteiger partial charge >= 0.3 is 0 Å². The third-order valence-corrected chi connectivity index (χ3v) is 9.07. The fourth-order valence-corrected chi connectivity index (χ4v) is 6.73. The SMILES string of the molecule is Cn1cncc1-c1cn(C2C(O)[C@@H](CO)OC(S[C@@H]3OC(CO)[C@H](O)C(n4cc(-c5cncn5C)nn4)[C@@H]3O)[C@@H]2O)nn1. The maximum atomic E-state index is 11.4. The van der Waals surface area contributed by atoms with Crippen molar-refractivity contribution in [3.63, 3.8) is 0 Å². The molecule has 2 saturated heterocycles. The van der Waals surface area contributed by atoms with Gasteiger partial charge in [-0.1, -0.05) is 22.2 Å². The lowest BCUT2D eigenvalue weighted by Gasteiger charge is -2.46. The molecule has 0 aliphatic carbocycles. The average Bonchev–Trinajstić information content (AvgIpc) is 3.80. The molecule has 2 aliphatic rings. The van der Waals surface area contributed by atoms with Gasteiger partial charge in [0.1, 0.15) is 71.0 Å². The maximum absolute atomic E-state index is 11.4. The largest absolute Gasteiger partial charge is 0.394 e. The minimum atomic E-state index is -1.42. The second-order valence-corrected chi connectivity index (χ2v) is 11.7. The van der Waals surface area contributed by atoms with E-state index in [0.717, 1.165) is 11.8 Å². The Labute approximate surface area is 248 Å². The number of rotatable bonds is 8. The smallest absolute Gasteiger partial charge is 0.134 e. The zero-order chi connectivity index (χ0) is 30.4. The first kappa shape index (κ1) is 29.8. The molecule has 5 unspecified atom stereocenters. The summed E-state index contributed by atoms with van der Waals surface area (Å²) < 4.78 is 17.7. The molecule has 2 aliphatic heterocycles. The first-order valence-corrected chi connectivity index (χ1v) is 14.3. The number of aliphatic hydroxyl groups is 6. The Balaban J connectivity index is 1.25. The molecule has 0 saturated carbocycles. The molecule has 0 aromatic carbocycles. The van der Waals surface area contributed by atoms with Gasteiger partial charge in [-0.25, -0.2) is 19.3 Å². The van der Waals surface area contributed by atoms with Crippen molar-refractivity contribution in [3.8, 4) is 22.8 Å². The van der Waals surface area contributed by atoms with Crippen LogP contribution in [0.25, 0.3) is 22.8 Å². The van der Waals surface area contributed by atoms with Crippen molar-refractivity contribution >= 4 is 11.8 Å². The van der Waals surface area contributed by atoms with Crippen molar-refractivity contribution in [2.24, 2.45) is 14.1 Å². The van der Waals surface area contributed by atoms with Gasteiger partial charge in [-0.05, 0) is 0 Å². The van der Waals surface area contributed by atoms with Gasteiger partial charge in [-0.15, -0.1) is 10.2 Å². The number of aryl methyl sites for hydroxylation is 2. The Bertz CT molecular complexity index is 1420. The summed E-state index contributed by atoms with van der Waals surface area (Å²) >= 11 is 0.871.